The number of hydrogen-bond donors (Lipinski definition) is 1. The van der Waals surface area contributed by atoms with Gasteiger partial charge in [0.15, 0.2) is 0 Å². The van der Waals surface area contributed by atoms with Crippen LogP contribution in [-0.2, 0) is 14.8 Å². The molecule has 1 atom stereocenters. The van der Waals surface area contributed by atoms with E-state index in [1.165, 1.54) is 50.4 Å². The van der Waals surface area contributed by atoms with Crippen molar-refractivity contribution in [2.45, 2.75) is 13.0 Å². The molecule has 0 bridgehead atoms. The summed E-state index contributed by atoms with van der Waals surface area (Å²) in [6.07, 6.45) is 0.994. The van der Waals surface area contributed by atoms with Crippen molar-refractivity contribution >= 4 is 33.0 Å². The number of carbonyl (C=O) groups excluding carboxylic acids is 1. The zero-order chi connectivity index (χ0) is 20.2. The Morgan fingerprint density at radius 2 is 1.85 bits per heavy atom. The first-order valence-corrected chi connectivity index (χ1v) is 9.67. The van der Waals surface area contributed by atoms with Crippen LogP contribution in [0.2, 0.25) is 0 Å². The fourth-order valence-corrected chi connectivity index (χ4v) is 3.66. The van der Waals surface area contributed by atoms with Gasteiger partial charge in [-0.15, -0.1) is 0 Å². The Balaban J connectivity index is 2.29. The summed E-state index contributed by atoms with van der Waals surface area (Å²) in [6.45, 7) is 1.43. The van der Waals surface area contributed by atoms with Gasteiger partial charge < -0.3 is 10.1 Å². The van der Waals surface area contributed by atoms with Crippen molar-refractivity contribution in [1.82, 2.24) is 0 Å². The van der Waals surface area contributed by atoms with E-state index >= 15 is 0 Å². The summed E-state index contributed by atoms with van der Waals surface area (Å²) >= 11 is 0. The monoisotopic (exact) mass is 393 g/mol. The molecule has 0 aliphatic rings. The predicted molar refractivity (Wildman–Crippen MR) is 102 cm³/mol. The Morgan fingerprint density at radius 3 is 2.37 bits per heavy atom. The number of rotatable bonds is 7. The molecule has 27 heavy (non-hydrogen) atoms. The van der Waals surface area contributed by atoms with Crippen molar-refractivity contribution in [3.8, 4) is 5.75 Å². The standard InChI is InChI=1S/C17H19N3O6S/c1-12(17(21)18-13-5-4-6-15(11-13)20(22)23)19(27(3,24)25)14-7-9-16(26-2)10-8-14/h4-12H,1-3H3,(H,18,21)/t12-/m0/s1. The van der Waals surface area contributed by atoms with Crippen molar-refractivity contribution < 1.29 is 22.9 Å². The van der Waals surface area contributed by atoms with E-state index in [0.717, 1.165) is 10.6 Å². The van der Waals surface area contributed by atoms with Crippen molar-refractivity contribution in [2.75, 3.05) is 23.0 Å². The Bertz CT molecular complexity index is 943. The van der Waals surface area contributed by atoms with Gasteiger partial charge in [-0.3, -0.25) is 19.2 Å². The van der Waals surface area contributed by atoms with Crippen LogP contribution in [0.25, 0.3) is 0 Å². The highest BCUT2D eigenvalue weighted by Crippen LogP contribution is 2.25. The van der Waals surface area contributed by atoms with Crippen LogP contribution >= 0.6 is 0 Å². The summed E-state index contributed by atoms with van der Waals surface area (Å²) < 4.78 is 30.5. The Hall–Kier alpha value is -3.14. The minimum atomic E-state index is -3.77. The first kappa shape index (κ1) is 20.2. The molecule has 0 aliphatic heterocycles. The van der Waals surface area contributed by atoms with Gasteiger partial charge in [-0.25, -0.2) is 8.42 Å². The fourth-order valence-electron chi connectivity index (χ4n) is 2.48. The smallest absolute Gasteiger partial charge is 0.271 e. The molecule has 2 rings (SSSR count). The van der Waals surface area contributed by atoms with Crippen molar-refractivity contribution in [3.63, 3.8) is 0 Å². The third-order valence-corrected chi connectivity index (χ3v) is 4.98. The second kappa shape index (κ2) is 8.04. The van der Waals surface area contributed by atoms with Crippen LogP contribution in [0.3, 0.4) is 0 Å². The average Bonchev–Trinajstić information content (AvgIpc) is 2.61. The Morgan fingerprint density at radius 1 is 1.22 bits per heavy atom. The highest BCUT2D eigenvalue weighted by Gasteiger charge is 2.29. The number of ether oxygens (including phenoxy) is 1. The Labute approximate surface area is 156 Å². The number of non-ortho nitro benzene ring substituents is 1. The molecule has 1 amide bonds. The van der Waals surface area contributed by atoms with Crippen LogP contribution in [-0.4, -0.2) is 38.7 Å². The number of anilines is 2. The SMILES string of the molecule is COc1ccc(N([C@@H](C)C(=O)Nc2cccc([N+](=O)[O-])c2)S(C)(=O)=O)cc1. The molecule has 0 saturated heterocycles. The lowest BCUT2D eigenvalue weighted by atomic mass is 10.2. The van der Waals surface area contributed by atoms with Crippen LogP contribution in [0.5, 0.6) is 5.75 Å². The molecule has 10 heteroatoms. The highest BCUT2D eigenvalue weighted by molar-refractivity contribution is 7.92. The number of carbonyl (C=O) groups is 1. The van der Waals surface area contributed by atoms with E-state index in [9.17, 15) is 23.3 Å². The molecule has 0 radical (unpaired) electrons. The summed E-state index contributed by atoms with van der Waals surface area (Å²) in [5.74, 6) is -0.0855. The van der Waals surface area contributed by atoms with Gasteiger partial charge in [0.2, 0.25) is 15.9 Å². The van der Waals surface area contributed by atoms with Gasteiger partial charge in [0, 0.05) is 17.8 Å². The van der Waals surface area contributed by atoms with Gasteiger partial charge in [0.1, 0.15) is 11.8 Å². The van der Waals surface area contributed by atoms with Crippen LogP contribution in [0.4, 0.5) is 17.1 Å². The molecular weight excluding hydrogens is 374 g/mol. The van der Waals surface area contributed by atoms with E-state index in [1.807, 2.05) is 0 Å². The van der Waals surface area contributed by atoms with Gasteiger partial charge >= 0.3 is 0 Å². The lowest BCUT2D eigenvalue weighted by Crippen LogP contribution is -2.45. The van der Waals surface area contributed by atoms with Crippen LogP contribution in [0.1, 0.15) is 6.92 Å². The quantitative estimate of drug-likeness (QED) is 0.570. The van der Waals surface area contributed by atoms with Crippen molar-refractivity contribution in [1.29, 1.82) is 0 Å². The molecule has 0 fully saturated rings. The van der Waals surface area contributed by atoms with Gasteiger partial charge in [-0.05, 0) is 37.3 Å². The molecule has 144 valence electrons. The number of nitrogens with zero attached hydrogens (tertiary/aromatic N) is 2. The van der Waals surface area contributed by atoms with E-state index in [0.29, 0.717) is 11.4 Å². The lowest BCUT2D eigenvalue weighted by molar-refractivity contribution is -0.384. The van der Waals surface area contributed by atoms with Gasteiger partial charge in [-0.1, -0.05) is 6.07 Å². The number of nitro groups is 1. The number of nitro benzene ring substituents is 1. The molecule has 9 nitrogen and oxygen atoms in total. The third kappa shape index (κ3) is 4.94. The summed E-state index contributed by atoms with van der Waals surface area (Å²) in [4.78, 5) is 22.8. The second-order valence-electron chi connectivity index (χ2n) is 5.73. The number of hydrogen-bond acceptors (Lipinski definition) is 6. The minimum Gasteiger partial charge on any atom is -0.497 e. The molecule has 0 aromatic heterocycles. The zero-order valence-corrected chi connectivity index (χ0v) is 15.8. The van der Waals surface area contributed by atoms with E-state index in [4.69, 9.17) is 4.74 Å². The molecule has 0 unspecified atom stereocenters. The first-order valence-electron chi connectivity index (χ1n) is 7.82. The summed E-state index contributed by atoms with van der Waals surface area (Å²) in [7, 11) is -2.29. The maximum absolute atomic E-state index is 12.6. The number of benzene rings is 2. The number of methoxy groups -OCH3 is 1. The van der Waals surface area contributed by atoms with Gasteiger partial charge in [0.05, 0.1) is 24.0 Å². The van der Waals surface area contributed by atoms with Gasteiger partial charge in [0.25, 0.3) is 5.69 Å². The molecule has 0 saturated carbocycles. The lowest BCUT2D eigenvalue weighted by Gasteiger charge is -2.28. The van der Waals surface area contributed by atoms with Crippen molar-refractivity contribution in [2.24, 2.45) is 0 Å². The average molecular weight is 393 g/mol. The van der Waals surface area contributed by atoms with E-state index < -0.39 is 26.9 Å². The predicted octanol–water partition coefficient (Wildman–Crippen LogP) is 2.40. The zero-order valence-electron chi connectivity index (χ0n) is 14.9. The van der Waals surface area contributed by atoms with Crippen LogP contribution in [0.15, 0.2) is 48.5 Å². The van der Waals surface area contributed by atoms with E-state index in [1.54, 1.807) is 12.1 Å². The molecular formula is C17H19N3O6S. The molecule has 0 spiro atoms. The highest BCUT2D eigenvalue weighted by atomic mass is 32.2. The summed E-state index contributed by atoms with van der Waals surface area (Å²) in [6, 6.07) is 10.5. The normalized spacial score (nSPS) is 12.1. The second-order valence-corrected chi connectivity index (χ2v) is 7.59. The maximum Gasteiger partial charge on any atom is 0.271 e. The first-order chi connectivity index (χ1) is 12.6. The van der Waals surface area contributed by atoms with Gasteiger partial charge in [-0.2, -0.15) is 0 Å². The number of sulfonamides is 1. The van der Waals surface area contributed by atoms with E-state index in [2.05, 4.69) is 5.32 Å². The largest absolute Gasteiger partial charge is 0.497 e. The minimum absolute atomic E-state index is 0.185. The van der Waals surface area contributed by atoms with Crippen LogP contribution < -0.4 is 14.4 Å². The number of amides is 1. The molecule has 1 N–H and O–H groups in total. The van der Waals surface area contributed by atoms with Crippen molar-refractivity contribution in [3.05, 3.63) is 58.6 Å². The van der Waals surface area contributed by atoms with E-state index in [-0.39, 0.29) is 11.4 Å². The topological polar surface area (TPSA) is 119 Å². The Kier molecular flexibility index (Phi) is 6.01. The molecule has 2 aromatic carbocycles. The summed E-state index contributed by atoms with van der Waals surface area (Å²) in [5.41, 5.74) is 0.305. The van der Waals surface area contributed by atoms with Crippen LogP contribution in [0, 0.1) is 10.1 Å². The number of nitrogens with one attached hydrogen (secondary N) is 1. The molecule has 0 aliphatic carbocycles. The molecule has 0 heterocycles. The molecule has 2 aromatic rings. The summed E-state index contributed by atoms with van der Waals surface area (Å²) in [5, 5.41) is 13.4. The fraction of sp³-hybridized carbons (Fsp3) is 0.235. The third-order valence-electron chi connectivity index (χ3n) is 3.74. The maximum atomic E-state index is 12.6.